The zero-order valence-electron chi connectivity index (χ0n) is 28.6. The third kappa shape index (κ3) is 10.2. The van der Waals surface area contributed by atoms with Crippen LogP contribution in [0.3, 0.4) is 0 Å². The number of nitrogens with two attached hydrogens (primary N) is 1. The first-order valence-electron chi connectivity index (χ1n) is 14.3. The number of carbonyl (C=O) groups is 1. The monoisotopic (exact) mass is 842 g/mol. The summed E-state index contributed by atoms with van der Waals surface area (Å²) in [6, 6.07) is 8.26. The molecule has 0 fully saturated rings. The second-order valence-corrected chi connectivity index (χ2v) is 13.4. The first-order chi connectivity index (χ1) is 25.6. The molecule has 4 N–H and O–H groups in total. The smallest absolute Gasteiger partial charge is 0.872 e. The number of allylic oxidation sites excluding steroid dienone is 3. The number of nitrogen functional groups attached to an aromatic ring is 1. The van der Waals surface area contributed by atoms with E-state index in [-0.39, 0.29) is 87.1 Å². The van der Waals surface area contributed by atoms with Gasteiger partial charge in [-0.05, 0) is 41.2 Å². The molecular formula is C28H16N10Na2O15S2. The Bertz CT molecular complexity index is 2780. The Morgan fingerprint density at radius 3 is 1.96 bits per heavy atom. The number of hydrogen-bond acceptors (Lipinski definition) is 18. The van der Waals surface area contributed by atoms with Gasteiger partial charge in [0.05, 0.1) is 43.2 Å². The van der Waals surface area contributed by atoms with Gasteiger partial charge in [-0.3, -0.25) is 39.7 Å². The van der Waals surface area contributed by atoms with E-state index in [0.717, 1.165) is 42.5 Å². The SMILES string of the molecule is Nc1cc([O-])ccc1N=Nc1cc(S(=O)(=O)O)c([N+](N=C2C=C([N+](=O)[O-])C=C([N+](=O)[O-])C2=O)=NNc2ccc([N+](=O)[O-])cc2)c2cc(S(=O)(=O)[O-])cc([O-])c12.[Na+].[Na+]. The number of nitro benzene ring substituents is 1. The number of hydrazone groups is 1. The van der Waals surface area contributed by atoms with E-state index in [4.69, 9.17) is 5.73 Å². The Kier molecular flexibility index (Phi) is 14.2. The van der Waals surface area contributed by atoms with Crippen LogP contribution in [0, 0.1) is 30.3 Å². The summed E-state index contributed by atoms with van der Waals surface area (Å²) in [5.74, 6) is -3.52. The molecule has 0 bridgehead atoms. The Hall–Kier alpha value is -5.62. The average molecular weight is 843 g/mol. The second-order valence-electron chi connectivity index (χ2n) is 10.7. The van der Waals surface area contributed by atoms with E-state index in [1.165, 1.54) is 0 Å². The molecule has 4 aromatic carbocycles. The van der Waals surface area contributed by atoms with E-state index in [2.05, 4.69) is 26.0 Å². The molecule has 0 saturated heterocycles. The summed E-state index contributed by atoms with van der Waals surface area (Å²) in [5.41, 5.74) is 1.39. The number of anilines is 2. The van der Waals surface area contributed by atoms with E-state index >= 15 is 0 Å². The predicted molar refractivity (Wildman–Crippen MR) is 177 cm³/mol. The molecule has 29 heteroatoms. The number of Topliss-reactive ketones (excluding diaryl/α,β-unsaturated/α-hetero) is 1. The summed E-state index contributed by atoms with van der Waals surface area (Å²) in [6.07, 6.45) is 0.676. The molecule has 25 nitrogen and oxygen atoms in total. The minimum Gasteiger partial charge on any atom is -0.872 e. The van der Waals surface area contributed by atoms with Crippen LogP contribution in [-0.4, -0.2) is 57.0 Å². The van der Waals surface area contributed by atoms with Crippen molar-refractivity contribution in [2.24, 2.45) is 20.6 Å². The molecule has 0 aliphatic heterocycles. The minimum absolute atomic E-state index is 0. The molecule has 57 heavy (non-hydrogen) atoms. The van der Waals surface area contributed by atoms with E-state index in [9.17, 15) is 71.3 Å². The van der Waals surface area contributed by atoms with Gasteiger partial charge in [-0.15, -0.1) is 21.4 Å². The summed E-state index contributed by atoms with van der Waals surface area (Å²) in [7, 11) is -11.2. The molecule has 282 valence electrons. The minimum atomic E-state index is -5.65. The van der Waals surface area contributed by atoms with E-state index in [0.29, 0.717) is 24.3 Å². The molecule has 0 heterocycles. The van der Waals surface area contributed by atoms with Gasteiger partial charge in [0.15, 0.2) is 5.71 Å². The maximum atomic E-state index is 13.5. The second kappa shape index (κ2) is 17.7. The fourth-order valence-corrected chi connectivity index (χ4v) is 5.89. The van der Waals surface area contributed by atoms with Gasteiger partial charge in [0.2, 0.25) is 5.69 Å². The van der Waals surface area contributed by atoms with E-state index in [1.807, 2.05) is 0 Å². The van der Waals surface area contributed by atoms with Gasteiger partial charge in [-0.25, -0.2) is 8.42 Å². The number of ketones is 1. The van der Waals surface area contributed by atoms with E-state index in [1.54, 1.807) is 0 Å². The maximum absolute atomic E-state index is 13.5. The quantitative estimate of drug-likeness (QED) is 0.0192. The van der Waals surface area contributed by atoms with Gasteiger partial charge in [-0.2, -0.15) is 8.42 Å². The van der Waals surface area contributed by atoms with Gasteiger partial charge < -0.3 is 20.5 Å². The van der Waals surface area contributed by atoms with Gasteiger partial charge in [-0.1, -0.05) is 23.0 Å². The van der Waals surface area contributed by atoms with Gasteiger partial charge in [0.1, 0.15) is 31.6 Å². The van der Waals surface area contributed by atoms with Crippen molar-refractivity contribution in [3.8, 4) is 11.5 Å². The van der Waals surface area contributed by atoms with Crippen LogP contribution in [0.2, 0.25) is 0 Å². The first-order valence-corrected chi connectivity index (χ1v) is 17.1. The van der Waals surface area contributed by atoms with Gasteiger partial charge >= 0.3 is 64.8 Å². The zero-order chi connectivity index (χ0) is 40.6. The van der Waals surface area contributed by atoms with Crippen LogP contribution in [0.5, 0.6) is 11.5 Å². The number of rotatable bonds is 11. The van der Waals surface area contributed by atoms with Gasteiger partial charge in [0.25, 0.3) is 27.3 Å². The van der Waals surface area contributed by atoms with Crippen LogP contribution in [0.15, 0.2) is 115 Å². The molecule has 0 spiro atoms. The first kappa shape index (κ1) is 45.8. The summed E-state index contributed by atoms with van der Waals surface area (Å²) >= 11 is 0. The van der Waals surface area contributed by atoms with Crippen LogP contribution in [-0.2, 0) is 25.0 Å². The summed E-state index contributed by atoms with van der Waals surface area (Å²) in [4.78, 5) is 41.6. The normalized spacial score (nSPS) is 14.0. The third-order valence-electron chi connectivity index (χ3n) is 7.12. The summed E-state index contributed by atoms with van der Waals surface area (Å²) in [6.45, 7) is 0. The van der Waals surface area contributed by atoms with Crippen molar-refractivity contribution in [1.29, 1.82) is 0 Å². The van der Waals surface area contributed by atoms with Crippen molar-refractivity contribution in [3.05, 3.63) is 115 Å². The van der Waals surface area contributed by atoms with E-state index < -0.39 is 107 Å². The molecule has 1 aliphatic rings. The van der Waals surface area contributed by atoms with Crippen LogP contribution in [0.25, 0.3) is 10.8 Å². The van der Waals surface area contributed by atoms with Crippen LogP contribution in [0.1, 0.15) is 0 Å². The zero-order valence-corrected chi connectivity index (χ0v) is 34.2. The Labute approximate surface area is 361 Å². The summed E-state index contributed by atoms with van der Waals surface area (Å²) < 4.78 is 72.9. The molecule has 0 aromatic heterocycles. The molecule has 0 radical (unpaired) electrons. The number of carbonyl (C=O) groups excluding carboxylic acids is 1. The number of nitrogens with one attached hydrogen (secondary N) is 1. The number of fused-ring (bicyclic) bond motifs is 1. The number of benzene rings is 4. The predicted octanol–water partition coefficient (Wildman–Crippen LogP) is -3.57. The number of nitrogens with zero attached hydrogens (tertiary/aromatic N) is 8. The number of hydrogen-bond donors (Lipinski definition) is 3. The molecule has 5 rings (SSSR count). The number of nitro groups is 3. The van der Waals surface area contributed by atoms with Crippen molar-refractivity contribution in [3.63, 3.8) is 0 Å². The molecule has 0 saturated carbocycles. The Morgan fingerprint density at radius 2 is 1.42 bits per heavy atom. The molecule has 0 unspecified atom stereocenters. The molecule has 0 atom stereocenters. The average Bonchev–Trinajstić information content (AvgIpc) is 3.09. The number of non-ortho nitro benzene ring substituents is 1. The van der Waals surface area contributed by atoms with Gasteiger partial charge in [0, 0.05) is 22.9 Å². The molecule has 4 aromatic rings. The fraction of sp³-hybridized carbons (Fsp3) is 0. The van der Waals surface area contributed by atoms with Crippen LogP contribution >= 0.6 is 0 Å². The van der Waals surface area contributed by atoms with Crippen molar-refractivity contribution >= 4 is 76.6 Å². The fourth-order valence-electron chi connectivity index (χ4n) is 4.68. The van der Waals surface area contributed by atoms with Crippen molar-refractivity contribution in [1.82, 2.24) is 0 Å². The summed E-state index contributed by atoms with van der Waals surface area (Å²) in [5, 5.41) is 72.9. The topological polar surface area (TPSA) is 395 Å². The standard InChI is InChI=1S/C28H18N10O15S2.2Na/c29-19-9-16(39)5-6-20(19)31-32-21-12-25(55(51,52)53)27(18-10-17(54(48,49)50)11-24(40)26(18)21)35(34-30-13-1-3-14(4-2-13)36(42)43)33-22-7-15(37(44)45)8-23(28(22)41)38(46)47;;/h1-12H,(H6,29,32,39,40,48,49,50,51,52,53);;/q;2*+1/p-2. The molecule has 1 aliphatic carbocycles. The van der Waals surface area contributed by atoms with Crippen LogP contribution < -0.4 is 80.5 Å². The molecule has 0 amide bonds. The third-order valence-corrected chi connectivity index (χ3v) is 8.80. The maximum Gasteiger partial charge on any atom is 1.00 e. The largest absolute Gasteiger partial charge is 1.00 e. The van der Waals surface area contributed by atoms with Crippen molar-refractivity contribution in [2.75, 3.05) is 11.2 Å². The molecular weight excluding hydrogens is 826 g/mol. The Balaban J connectivity index is 0.00000435. The van der Waals surface area contributed by atoms with Crippen molar-refractivity contribution in [2.45, 2.75) is 9.79 Å². The van der Waals surface area contributed by atoms with Crippen LogP contribution in [0.4, 0.5) is 34.1 Å². The Morgan fingerprint density at radius 1 is 0.789 bits per heavy atom. The van der Waals surface area contributed by atoms with Crippen molar-refractivity contribution < 1.29 is 120 Å². The number of azo groups is 1.